The number of aliphatic hydroxyl groups excluding tert-OH is 1. The van der Waals surface area contributed by atoms with Crippen LogP contribution in [0.5, 0.6) is 0 Å². The lowest BCUT2D eigenvalue weighted by Gasteiger charge is -2.22. The van der Waals surface area contributed by atoms with Crippen LogP contribution in [0.1, 0.15) is 58.3 Å². The van der Waals surface area contributed by atoms with Gasteiger partial charge in [-0.15, -0.1) is 24.0 Å². The molecule has 0 aromatic rings. The number of hydrogen-bond donors (Lipinski definition) is 2. The van der Waals surface area contributed by atoms with Gasteiger partial charge in [-0.25, -0.2) is 0 Å². The standard InChI is InChI=1S/C16H31N3O.HI/c1-2-17-16(19-12-10-15(20)13-19)18-11-6-9-14-7-4-3-5-8-14;/h14-15,20H,2-13H2,1H3,(H,17,18);1H/t15-;/m1./s1. The van der Waals surface area contributed by atoms with Crippen molar-refractivity contribution in [1.82, 2.24) is 10.2 Å². The van der Waals surface area contributed by atoms with Crippen molar-refractivity contribution in [2.24, 2.45) is 10.9 Å². The Balaban J connectivity index is 0.00000220. The summed E-state index contributed by atoms with van der Waals surface area (Å²) in [6.45, 7) is 5.58. The van der Waals surface area contributed by atoms with E-state index in [9.17, 15) is 5.11 Å². The molecule has 0 bridgehead atoms. The summed E-state index contributed by atoms with van der Waals surface area (Å²) in [4.78, 5) is 6.92. The highest BCUT2D eigenvalue weighted by molar-refractivity contribution is 14.0. The predicted octanol–water partition coefficient (Wildman–Crippen LogP) is 3.00. The summed E-state index contributed by atoms with van der Waals surface area (Å²) in [6, 6.07) is 0. The second-order valence-corrected chi connectivity index (χ2v) is 6.27. The lowest BCUT2D eigenvalue weighted by atomic mass is 9.86. The van der Waals surface area contributed by atoms with Crippen LogP contribution >= 0.6 is 24.0 Å². The van der Waals surface area contributed by atoms with Crippen molar-refractivity contribution in [2.45, 2.75) is 64.4 Å². The van der Waals surface area contributed by atoms with Gasteiger partial charge in [-0.3, -0.25) is 4.99 Å². The van der Waals surface area contributed by atoms with Crippen LogP contribution in [0.3, 0.4) is 0 Å². The van der Waals surface area contributed by atoms with Crippen LogP contribution in [-0.4, -0.2) is 48.2 Å². The Morgan fingerprint density at radius 3 is 2.62 bits per heavy atom. The SMILES string of the molecule is CCNC(=NCCCC1CCCCC1)N1CC[C@@H](O)C1.I. The van der Waals surface area contributed by atoms with E-state index < -0.39 is 0 Å². The maximum atomic E-state index is 9.63. The summed E-state index contributed by atoms with van der Waals surface area (Å²) < 4.78 is 0. The van der Waals surface area contributed by atoms with Gasteiger partial charge >= 0.3 is 0 Å². The minimum absolute atomic E-state index is 0. The fourth-order valence-electron chi connectivity index (χ4n) is 3.40. The van der Waals surface area contributed by atoms with E-state index >= 15 is 0 Å². The maximum Gasteiger partial charge on any atom is 0.194 e. The van der Waals surface area contributed by atoms with Crippen molar-refractivity contribution in [2.75, 3.05) is 26.2 Å². The first kappa shape index (κ1) is 19.0. The number of aliphatic hydroxyl groups is 1. The van der Waals surface area contributed by atoms with E-state index in [1.807, 2.05) is 0 Å². The summed E-state index contributed by atoms with van der Waals surface area (Å²) in [5, 5.41) is 13.0. The average molecular weight is 409 g/mol. The molecular weight excluding hydrogens is 377 g/mol. The topological polar surface area (TPSA) is 47.9 Å². The van der Waals surface area contributed by atoms with E-state index in [-0.39, 0.29) is 30.1 Å². The van der Waals surface area contributed by atoms with Gasteiger partial charge in [0.1, 0.15) is 0 Å². The Kier molecular flexibility index (Phi) is 9.64. The lowest BCUT2D eigenvalue weighted by Crippen LogP contribution is -2.40. The summed E-state index contributed by atoms with van der Waals surface area (Å²) >= 11 is 0. The van der Waals surface area contributed by atoms with E-state index in [1.54, 1.807) is 0 Å². The molecule has 4 nitrogen and oxygen atoms in total. The number of β-amino-alcohol motifs (C(OH)–C–C–N with tert-alkyl or cyclic N) is 1. The first-order valence-corrected chi connectivity index (χ1v) is 8.51. The normalized spacial score (nSPS) is 24.0. The molecule has 1 aliphatic heterocycles. The molecule has 0 radical (unpaired) electrons. The number of guanidine groups is 1. The van der Waals surface area contributed by atoms with Gasteiger partial charge in [0.25, 0.3) is 0 Å². The van der Waals surface area contributed by atoms with E-state index in [1.165, 1.54) is 44.9 Å². The van der Waals surface area contributed by atoms with Crippen LogP contribution in [0, 0.1) is 5.92 Å². The number of likely N-dealkylation sites (tertiary alicyclic amines) is 1. The Morgan fingerprint density at radius 1 is 1.24 bits per heavy atom. The van der Waals surface area contributed by atoms with Crippen LogP contribution in [0.15, 0.2) is 4.99 Å². The summed E-state index contributed by atoms with van der Waals surface area (Å²) in [5.41, 5.74) is 0. The van der Waals surface area contributed by atoms with Crippen molar-refractivity contribution in [3.8, 4) is 0 Å². The summed E-state index contributed by atoms with van der Waals surface area (Å²) in [6.07, 6.45) is 10.4. The third-order valence-electron chi connectivity index (χ3n) is 4.55. The molecule has 124 valence electrons. The maximum absolute atomic E-state index is 9.63. The molecule has 1 saturated carbocycles. The molecule has 0 amide bonds. The fourth-order valence-corrected chi connectivity index (χ4v) is 3.40. The first-order chi connectivity index (χ1) is 9.79. The first-order valence-electron chi connectivity index (χ1n) is 8.51. The highest BCUT2D eigenvalue weighted by Crippen LogP contribution is 2.27. The second-order valence-electron chi connectivity index (χ2n) is 6.27. The molecule has 2 rings (SSSR count). The van der Waals surface area contributed by atoms with Gasteiger partial charge in [0.05, 0.1) is 6.10 Å². The number of hydrogen-bond acceptors (Lipinski definition) is 2. The van der Waals surface area contributed by atoms with E-state index in [4.69, 9.17) is 4.99 Å². The number of halogens is 1. The number of rotatable bonds is 5. The molecule has 21 heavy (non-hydrogen) atoms. The van der Waals surface area contributed by atoms with Gasteiger partial charge in [0, 0.05) is 26.2 Å². The molecule has 1 heterocycles. The molecular formula is C16H32IN3O. The molecule has 5 heteroatoms. The number of nitrogens with one attached hydrogen (secondary N) is 1. The van der Waals surface area contributed by atoms with Crippen molar-refractivity contribution in [3.05, 3.63) is 0 Å². The number of nitrogens with zero attached hydrogens (tertiary/aromatic N) is 2. The zero-order chi connectivity index (χ0) is 14.2. The Labute approximate surface area is 146 Å². The molecule has 1 saturated heterocycles. The minimum atomic E-state index is -0.180. The molecule has 2 aliphatic rings. The Morgan fingerprint density at radius 2 is 2.00 bits per heavy atom. The van der Waals surface area contributed by atoms with Gasteiger partial charge in [0.15, 0.2) is 5.96 Å². The Hall–Kier alpha value is -0.0400. The second kappa shape index (κ2) is 10.6. The lowest BCUT2D eigenvalue weighted by molar-refractivity contribution is 0.188. The van der Waals surface area contributed by atoms with Gasteiger partial charge in [-0.1, -0.05) is 32.1 Å². The zero-order valence-electron chi connectivity index (χ0n) is 13.4. The molecule has 2 fully saturated rings. The molecule has 0 aromatic carbocycles. The fraction of sp³-hybridized carbons (Fsp3) is 0.938. The molecule has 0 unspecified atom stereocenters. The quantitative estimate of drug-likeness (QED) is 0.318. The molecule has 1 aliphatic carbocycles. The highest BCUT2D eigenvalue weighted by atomic mass is 127. The molecule has 2 N–H and O–H groups in total. The largest absolute Gasteiger partial charge is 0.391 e. The van der Waals surface area contributed by atoms with Gasteiger partial charge in [0.2, 0.25) is 0 Å². The van der Waals surface area contributed by atoms with Gasteiger partial charge in [-0.05, 0) is 32.1 Å². The van der Waals surface area contributed by atoms with E-state index in [0.717, 1.165) is 44.5 Å². The van der Waals surface area contributed by atoms with Crippen LogP contribution in [-0.2, 0) is 0 Å². The molecule has 0 aromatic heterocycles. The van der Waals surface area contributed by atoms with Crippen molar-refractivity contribution in [1.29, 1.82) is 0 Å². The Bertz CT molecular complexity index is 306. The summed E-state index contributed by atoms with van der Waals surface area (Å²) in [5.74, 6) is 1.95. The monoisotopic (exact) mass is 409 g/mol. The average Bonchev–Trinajstić information content (AvgIpc) is 2.90. The zero-order valence-corrected chi connectivity index (χ0v) is 15.7. The van der Waals surface area contributed by atoms with Crippen molar-refractivity contribution < 1.29 is 5.11 Å². The summed E-state index contributed by atoms with van der Waals surface area (Å²) in [7, 11) is 0. The van der Waals surface area contributed by atoms with E-state index in [2.05, 4.69) is 17.1 Å². The third kappa shape index (κ3) is 6.72. The highest BCUT2D eigenvalue weighted by Gasteiger charge is 2.22. The third-order valence-corrected chi connectivity index (χ3v) is 4.55. The van der Waals surface area contributed by atoms with Crippen LogP contribution in [0.25, 0.3) is 0 Å². The van der Waals surface area contributed by atoms with E-state index in [0.29, 0.717) is 0 Å². The van der Waals surface area contributed by atoms with Crippen LogP contribution in [0.4, 0.5) is 0 Å². The van der Waals surface area contributed by atoms with Crippen molar-refractivity contribution in [3.63, 3.8) is 0 Å². The van der Waals surface area contributed by atoms with Crippen LogP contribution < -0.4 is 5.32 Å². The van der Waals surface area contributed by atoms with Gasteiger partial charge in [-0.2, -0.15) is 0 Å². The minimum Gasteiger partial charge on any atom is -0.391 e. The smallest absolute Gasteiger partial charge is 0.194 e. The van der Waals surface area contributed by atoms with Crippen molar-refractivity contribution >= 4 is 29.9 Å². The molecule has 1 atom stereocenters. The number of aliphatic imine (C=N–C) groups is 1. The van der Waals surface area contributed by atoms with Crippen LogP contribution in [0.2, 0.25) is 0 Å². The molecule has 0 spiro atoms. The van der Waals surface area contributed by atoms with Gasteiger partial charge < -0.3 is 15.3 Å². The predicted molar refractivity (Wildman–Crippen MR) is 99.4 cm³/mol.